The van der Waals surface area contributed by atoms with Gasteiger partial charge in [-0.05, 0) is 37.5 Å². The molecule has 5 heteroatoms. The molecule has 0 saturated heterocycles. The summed E-state index contributed by atoms with van der Waals surface area (Å²) in [5.74, 6) is 0.943. The van der Waals surface area contributed by atoms with E-state index in [-0.39, 0.29) is 0 Å². The highest BCUT2D eigenvalue weighted by Crippen LogP contribution is 2.04. The van der Waals surface area contributed by atoms with Crippen LogP contribution in [0.1, 0.15) is 24.6 Å². The van der Waals surface area contributed by atoms with Gasteiger partial charge in [-0.25, -0.2) is 0 Å². The van der Waals surface area contributed by atoms with Crippen LogP contribution in [0.5, 0.6) is 0 Å². The molecular weight excluding hydrogens is 324 g/mol. The number of aryl methyl sites for hydroxylation is 1. The Kier molecular flexibility index (Phi) is 8.76. The molecular formula is C21H32N4O. The fraction of sp³-hybridized carbons (Fsp3) is 0.476. The molecule has 0 saturated carbocycles. The van der Waals surface area contributed by atoms with Gasteiger partial charge in [0.05, 0.1) is 13.2 Å². The van der Waals surface area contributed by atoms with Gasteiger partial charge in [-0.1, -0.05) is 30.3 Å². The topological polar surface area (TPSA) is 41.8 Å². The van der Waals surface area contributed by atoms with Crippen LogP contribution in [-0.4, -0.2) is 48.8 Å². The van der Waals surface area contributed by atoms with E-state index in [0.29, 0.717) is 0 Å². The molecule has 0 atom stereocenters. The Bertz CT molecular complexity index is 651. The Morgan fingerprint density at radius 2 is 1.96 bits per heavy atom. The van der Waals surface area contributed by atoms with E-state index in [1.807, 2.05) is 6.07 Å². The van der Waals surface area contributed by atoms with Crippen LogP contribution in [0.25, 0.3) is 0 Å². The van der Waals surface area contributed by atoms with Crippen LogP contribution in [0.2, 0.25) is 0 Å². The first-order valence-electron chi connectivity index (χ1n) is 9.42. The van der Waals surface area contributed by atoms with Crippen molar-refractivity contribution < 1.29 is 4.74 Å². The minimum Gasteiger partial charge on any atom is -0.381 e. The van der Waals surface area contributed by atoms with Crippen molar-refractivity contribution in [2.75, 3.05) is 33.4 Å². The molecule has 0 unspecified atom stereocenters. The van der Waals surface area contributed by atoms with E-state index in [1.54, 1.807) is 0 Å². The van der Waals surface area contributed by atoms with Crippen molar-refractivity contribution in [3.8, 4) is 0 Å². The highest BCUT2D eigenvalue weighted by atomic mass is 16.5. The van der Waals surface area contributed by atoms with Gasteiger partial charge in [0.25, 0.3) is 0 Å². The third kappa shape index (κ3) is 6.92. The number of nitrogens with zero attached hydrogens (tertiary/aromatic N) is 3. The first-order chi connectivity index (χ1) is 12.7. The summed E-state index contributed by atoms with van der Waals surface area (Å²) in [6.07, 6.45) is 3.97. The molecule has 0 bridgehead atoms. The molecule has 0 amide bonds. The van der Waals surface area contributed by atoms with Gasteiger partial charge in [0, 0.05) is 45.7 Å². The molecule has 1 heterocycles. The normalized spacial score (nSPS) is 11.6. The maximum atomic E-state index is 5.73. The first kappa shape index (κ1) is 20.0. The molecule has 5 nitrogen and oxygen atoms in total. The van der Waals surface area contributed by atoms with Crippen molar-refractivity contribution >= 4 is 5.96 Å². The first-order valence-corrected chi connectivity index (χ1v) is 9.42. The summed E-state index contributed by atoms with van der Waals surface area (Å²) in [6, 6.07) is 14.7. The van der Waals surface area contributed by atoms with E-state index in [0.717, 1.165) is 51.6 Å². The highest BCUT2D eigenvalue weighted by Gasteiger charge is 2.07. The summed E-state index contributed by atoms with van der Waals surface area (Å²) in [5.41, 5.74) is 2.59. The van der Waals surface area contributed by atoms with Gasteiger partial charge in [0.15, 0.2) is 5.96 Å². The zero-order chi connectivity index (χ0) is 18.6. The molecule has 1 N–H and O–H groups in total. The second-order valence-corrected chi connectivity index (χ2v) is 6.40. The van der Waals surface area contributed by atoms with Crippen molar-refractivity contribution in [2.45, 2.75) is 26.3 Å². The minimum atomic E-state index is 0.747. The molecule has 1 aromatic heterocycles. The monoisotopic (exact) mass is 356 g/mol. The summed E-state index contributed by atoms with van der Waals surface area (Å²) >= 11 is 0. The van der Waals surface area contributed by atoms with E-state index >= 15 is 0 Å². The molecule has 0 radical (unpaired) electrons. The molecule has 1 aromatic carbocycles. The van der Waals surface area contributed by atoms with E-state index in [1.165, 1.54) is 11.3 Å². The second-order valence-electron chi connectivity index (χ2n) is 6.40. The van der Waals surface area contributed by atoms with E-state index in [9.17, 15) is 0 Å². The standard InChI is InChI=1S/C21H32N4O/c1-4-22-21(25(3)18-20-12-8-15-24(20)2)23-14-9-16-26-17-13-19-10-6-5-7-11-19/h5-8,10-12,15H,4,9,13-14,16-18H2,1-3H3,(H,22,23). The highest BCUT2D eigenvalue weighted by molar-refractivity contribution is 5.79. The van der Waals surface area contributed by atoms with E-state index in [2.05, 4.69) is 78.4 Å². The predicted molar refractivity (Wildman–Crippen MR) is 108 cm³/mol. The number of nitrogens with one attached hydrogen (secondary N) is 1. The summed E-state index contributed by atoms with van der Waals surface area (Å²) in [6.45, 7) is 6.08. The molecule has 142 valence electrons. The van der Waals surface area contributed by atoms with E-state index in [4.69, 9.17) is 9.73 Å². The molecule has 0 fully saturated rings. The average molecular weight is 357 g/mol. The van der Waals surface area contributed by atoms with Crippen molar-refractivity contribution in [1.82, 2.24) is 14.8 Å². The smallest absolute Gasteiger partial charge is 0.194 e. The molecule has 26 heavy (non-hydrogen) atoms. The quantitative estimate of drug-likeness (QED) is 0.404. The molecule has 0 aliphatic carbocycles. The SMILES string of the molecule is CCNC(=NCCCOCCc1ccccc1)N(C)Cc1cccn1C. The fourth-order valence-corrected chi connectivity index (χ4v) is 2.74. The van der Waals surface area contributed by atoms with Crippen molar-refractivity contribution in [1.29, 1.82) is 0 Å². The van der Waals surface area contributed by atoms with Gasteiger partial charge >= 0.3 is 0 Å². The van der Waals surface area contributed by atoms with Crippen LogP contribution in [0.4, 0.5) is 0 Å². The number of rotatable bonds is 10. The molecule has 0 aliphatic heterocycles. The number of hydrogen-bond acceptors (Lipinski definition) is 2. The Labute approximate surface area is 157 Å². The lowest BCUT2D eigenvalue weighted by molar-refractivity contribution is 0.136. The third-order valence-corrected chi connectivity index (χ3v) is 4.23. The van der Waals surface area contributed by atoms with Gasteiger partial charge in [-0.2, -0.15) is 0 Å². The summed E-state index contributed by atoms with van der Waals surface area (Å²) in [5, 5.41) is 3.36. The molecule has 2 aromatic rings. The average Bonchev–Trinajstić information content (AvgIpc) is 3.05. The molecule has 0 spiro atoms. The minimum absolute atomic E-state index is 0.747. The fourth-order valence-electron chi connectivity index (χ4n) is 2.74. The van der Waals surface area contributed by atoms with Gasteiger partial charge in [0.1, 0.15) is 0 Å². The van der Waals surface area contributed by atoms with Gasteiger partial charge in [-0.15, -0.1) is 0 Å². The summed E-state index contributed by atoms with van der Waals surface area (Å²) < 4.78 is 7.87. The van der Waals surface area contributed by atoms with Crippen LogP contribution < -0.4 is 5.32 Å². The number of aromatic nitrogens is 1. The van der Waals surface area contributed by atoms with Crippen LogP contribution in [0.3, 0.4) is 0 Å². The second kappa shape index (κ2) is 11.4. The van der Waals surface area contributed by atoms with Crippen LogP contribution in [0.15, 0.2) is 53.7 Å². The van der Waals surface area contributed by atoms with Gasteiger partial charge in [-0.3, -0.25) is 4.99 Å². The number of aliphatic imine (C=N–C) groups is 1. The number of ether oxygens (including phenoxy) is 1. The van der Waals surface area contributed by atoms with Gasteiger partial charge < -0.3 is 19.5 Å². The zero-order valence-corrected chi connectivity index (χ0v) is 16.3. The predicted octanol–water partition coefficient (Wildman–Crippen LogP) is 3.07. The summed E-state index contributed by atoms with van der Waals surface area (Å²) in [7, 11) is 4.14. The molecule has 2 rings (SSSR count). The van der Waals surface area contributed by atoms with Crippen LogP contribution in [0, 0.1) is 0 Å². The Hall–Kier alpha value is -2.27. The number of hydrogen-bond donors (Lipinski definition) is 1. The lowest BCUT2D eigenvalue weighted by atomic mass is 10.2. The zero-order valence-electron chi connectivity index (χ0n) is 16.3. The largest absolute Gasteiger partial charge is 0.381 e. The van der Waals surface area contributed by atoms with Crippen LogP contribution in [-0.2, 0) is 24.8 Å². The number of benzene rings is 1. The van der Waals surface area contributed by atoms with Crippen molar-refractivity contribution in [2.24, 2.45) is 12.0 Å². The lowest BCUT2D eigenvalue weighted by Gasteiger charge is -2.22. The third-order valence-electron chi connectivity index (χ3n) is 4.23. The van der Waals surface area contributed by atoms with Crippen LogP contribution >= 0.6 is 0 Å². The van der Waals surface area contributed by atoms with Crippen molar-refractivity contribution in [3.63, 3.8) is 0 Å². The van der Waals surface area contributed by atoms with E-state index < -0.39 is 0 Å². The Morgan fingerprint density at radius 1 is 1.15 bits per heavy atom. The Balaban J connectivity index is 1.68. The summed E-state index contributed by atoms with van der Waals surface area (Å²) in [4.78, 5) is 6.88. The maximum absolute atomic E-state index is 5.73. The molecule has 0 aliphatic rings. The maximum Gasteiger partial charge on any atom is 0.194 e. The van der Waals surface area contributed by atoms with Crippen molar-refractivity contribution in [3.05, 3.63) is 59.9 Å². The Morgan fingerprint density at radius 3 is 2.65 bits per heavy atom. The number of guanidine groups is 1. The lowest BCUT2D eigenvalue weighted by Crippen LogP contribution is -2.39. The van der Waals surface area contributed by atoms with Gasteiger partial charge in [0.2, 0.25) is 0 Å².